The molecule has 13 heteroatoms. The quantitative estimate of drug-likeness (QED) is 0.454. The van der Waals surface area contributed by atoms with E-state index < -0.39 is 14.9 Å². The Hall–Kier alpha value is -3.35. The number of sulfonamides is 1. The van der Waals surface area contributed by atoms with Gasteiger partial charge < -0.3 is 4.90 Å². The van der Waals surface area contributed by atoms with Crippen LogP contribution >= 0.6 is 11.6 Å². The highest BCUT2D eigenvalue weighted by Gasteiger charge is 2.26. The zero-order valence-corrected chi connectivity index (χ0v) is 19.4. The van der Waals surface area contributed by atoms with E-state index in [2.05, 4.69) is 10.1 Å². The Labute approximate surface area is 195 Å². The fourth-order valence-corrected chi connectivity index (χ4v) is 4.52. The summed E-state index contributed by atoms with van der Waals surface area (Å²) in [5.74, 6) is -0.345. The second kappa shape index (κ2) is 10.1. The maximum Gasteiger partial charge on any atom is 0.317 e. The third-order valence-electron chi connectivity index (χ3n) is 4.86. The van der Waals surface area contributed by atoms with Gasteiger partial charge in [-0.2, -0.15) is 5.10 Å². The van der Waals surface area contributed by atoms with Gasteiger partial charge in [0, 0.05) is 44.9 Å². The van der Waals surface area contributed by atoms with E-state index in [9.17, 15) is 18.1 Å². The largest absolute Gasteiger partial charge is 0.317 e. The number of nitrogens with zero attached hydrogens (tertiary/aromatic N) is 6. The molecule has 0 saturated heterocycles. The number of pyridine rings is 1. The molecule has 0 radical (unpaired) electrons. The molecule has 0 bridgehead atoms. The monoisotopic (exact) mass is 493 g/mol. The van der Waals surface area contributed by atoms with Crippen LogP contribution in [0.3, 0.4) is 0 Å². The summed E-state index contributed by atoms with van der Waals surface area (Å²) >= 11 is 6.27. The van der Waals surface area contributed by atoms with Crippen molar-refractivity contribution < 1.29 is 23.3 Å². The molecule has 0 aliphatic heterocycles. The molecule has 33 heavy (non-hydrogen) atoms. The van der Waals surface area contributed by atoms with Crippen molar-refractivity contribution in [2.75, 3.05) is 25.0 Å². The summed E-state index contributed by atoms with van der Waals surface area (Å²) in [4.78, 5) is 28.8. The van der Waals surface area contributed by atoms with E-state index in [1.54, 1.807) is 37.6 Å². The van der Waals surface area contributed by atoms with Gasteiger partial charge in [-0.15, -0.1) is 0 Å². The first-order chi connectivity index (χ1) is 15.6. The van der Waals surface area contributed by atoms with Crippen LogP contribution in [0.15, 0.2) is 59.9 Å². The summed E-state index contributed by atoms with van der Waals surface area (Å²) in [6.45, 7) is 1.95. The molecule has 0 fully saturated rings. The van der Waals surface area contributed by atoms with Gasteiger partial charge >= 0.3 is 5.69 Å². The van der Waals surface area contributed by atoms with Crippen LogP contribution in [-0.4, -0.2) is 63.7 Å². The highest BCUT2D eigenvalue weighted by atomic mass is 35.5. The van der Waals surface area contributed by atoms with Gasteiger partial charge in [0.15, 0.2) is 5.15 Å². The molecule has 0 atom stereocenters. The van der Waals surface area contributed by atoms with E-state index in [4.69, 9.17) is 16.8 Å². The summed E-state index contributed by atoms with van der Waals surface area (Å²) < 4.78 is 28.1. The minimum atomic E-state index is -3.99. The van der Waals surface area contributed by atoms with Crippen molar-refractivity contribution in [2.24, 2.45) is 0 Å². The molecule has 0 saturated carbocycles. The van der Waals surface area contributed by atoms with Gasteiger partial charge in [-0.1, -0.05) is 17.7 Å². The lowest BCUT2D eigenvalue weighted by Crippen LogP contribution is -2.35. The highest BCUT2D eigenvalue weighted by Crippen LogP contribution is 2.27. The molecule has 1 amide bonds. The number of halogens is 1. The summed E-state index contributed by atoms with van der Waals surface area (Å²) in [7, 11) is -2.67. The second-order valence-corrected chi connectivity index (χ2v) is 9.35. The van der Waals surface area contributed by atoms with Crippen LogP contribution in [0.4, 0.5) is 11.4 Å². The number of benzene rings is 1. The van der Waals surface area contributed by atoms with Crippen molar-refractivity contribution in [1.82, 2.24) is 19.1 Å². The summed E-state index contributed by atoms with van der Waals surface area (Å²) in [6, 6.07) is 8.48. The Bertz CT molecular complexity index is 1260. The standard InChI is InChI=1S/C20H22ClN6O5S/c1-3-25(18-14-26(23-20(18)21)16-7-5-10-22-13-16)19(28)9-11-24(2)33(31,32)17-8-4-6-15(12-17)27(29)30/h4-8,10,12-14H,3,9,11H2,1-2H3,(H,29,30)/q+1. The van der Waals surface area contributed by atoms with Gasteiger partial charge in [0.25, 0.3) is 4.92 Å². The lowest BCUT2D eigenvalue weighted by atomic mass is 10.3. The van der Waals surface area contributed by atoms with Gasteiger partial charge in [-0.25, -0.2) is 22.6 Å². The van der Waals surface area contributed by atoms with E-state index >= 15 is 0 Å². The molecule has 0 aliphatic carbocycles. The first-order valence-electron chi connectivity index (χ1n) is 9.83. The van der Waals surface area contributed by atoms with Gasteiger partial charge in [0.1, 0.15) is 5.69 Å². The van der Waals surface area contributed by atoms with Crippen LogP contribution in [0.25, 0.3) is 5.69 Å². The molecule has 174 valence electrons. The predicted octanol–water partition coefficient (Wildman–Crippen LogP) is 2.78. The topological polar surface area (TPSA) is 129 Å². The fourth-order valence-electron chi connectivity index (χ4n) is 3.08. The molecular formula is C20H22ClN6O5S+. The normalized spacial score (nSPS) is 11.5. The SMILES string of the molecule is CCN(C(=O)CCN(C)S(=O)(=O)c1cccc([N+](=O)O)c1)c1cn(-c2cccnc2)nc1Cl. The molecular weight excluding hydrogens is 472 g/mol. The maximum absolute atomic E-state index is 12.9. The van der Waals surface area contributed by atoms with E-state index in [0.717, 1.165) is 10.4 Å². The van der Waals surface area contributed by atoms with Gasteiger partial charge in [-0.05, 0) is 25.1 Å². The van der Waals surface area contributed by atoms with Crippen molar-refractivity contribution in [3.8, 4) is 5.69 Å². The molecule has 2 heterocycles. The fraction of sp³-hybridized carbons (Fsp3) is 0.250. The molecule has 3 rings (SSSR count). The van der Waals surface area contributed by atoms with Gasteiger partial charge in [0.05, 0.1) is 27.9 Å². The first kappa shape index (κ1) is 24.3. The number of hydrogen-bond donors (Lipinski definition) is 1. The molecule has 1 aromatic carbocycles. The van der Waals surface area contributed by atoms with Crippen LogP contribution in [0.5, 0.6) is 0 Å². The summed E-state index contributed by atoms with van der Waals surface area (Å²) in [5.41, 5.74) is 0.837. The van der Waals surface area contributed by atoms with Crippen LogP contribution < -0.4 is 4.90 Å². The average molecular weight is 494 g/mol. The molecule has 3 aromatic rings. The van der Waals surface area contributed by atoms with Crippen molar-refractivity contribution in [3.05, 3.63) is 65.0 Å². The van der Waals surface area contributed by atoms with Crippen molar-refractivity contribution >= 4 is 38.9 Å². The lowest BCUT2D eigenvalue weighted by molar-refractivity contribution is -0.729. The Morgan fingerprint density at radius 2 is 2.03 bits per heavy atom. The van der Waals surface area contributed by atoms with E-state index in [0.29, 0.717) is 17.9 Å². The first-order valence-corrected chi connectivity index (χ1v) is 11.7. The number of carbonyl (C=O) groups excluding carboxylic acids is 1. The van der Waals surface area contributed by atoms with E-state index in [1.807, 2.05) is 0 Å². The van der Waals surface area contributed by atoms with Crippen LogP contribution in [0.1, 0.15) is 13.3 Å². The molecule has 11 nitrogen and oxygen atoms in total. The summed E-state index contributed by atoms with van der Waals surface area (Å²) in [6.07, 6.45) is 4.71. The second-order valence-electron chi connectivity index (χ2n) is 6.95. The number of rotatable bonds is 9. The number of amides is 1. The molecule has 2 aromatic heterocycles. The number of hydrogen-bond acceptors (Lipinski definition) is 6. The van der Waals surface area contributed by atoms with E-state index in [-0.39, 0.29) is 34.6 Å². The van der Waals surface area contributed by atoms with Gasteiger partial charge in [0.2, 0.25) is 15.9 Å². The van der Waals surface area contributed by atoms with Crippen molar-refractivity contribution in [1.29, 1.82) is 0 Å². The Morgan fingerprint density at radius 1 is 1.27 bits per heavy atom. The molecule has 0 unspecified atom stereocenters. The van der Waals surface area contributed by atoms with Crippen molar-refractivity contribution in [2.45, 2.75) is 18.2 Å². The smallest absolute Gasteiger partial charge is 0.308 e. The minimum Gasteiger partial charge on any atom is -0.308 e. The van der Waals surface area contributed by atoms with Gasteiger partial charge in [-0.3, -0.25) is 9.78 Å². The predicted molar refractivity (Wildman–Crippen MR) is 120 cm³/mol. The Kier molecular flexibility index (Phi) is 7.41. The number of anilines is 1. The molecule has 0 spiro atoms. The maximum atomic E-state index is 12.9. The minimum absolute atomic E-state index is 0.115. The third kappa shape index (κ3) is 5.35. The van der Waals surface area contributed by atoms with E-state index in [1.165, 1.54) is 34.8 Å². The Balaban J connectivity index is 1.73. The van der Waals surface area contributed by atoms with Crippen molar-refractivity contribution in [3.63, 3.8) is 0 Å². The van der Waals surface area contributed by atoms with Crippen LogP contribution in [0.2, 0.25) is 5.15 Å². The van der Waals surface area contributed by atoms with Crippen LogP contribution in [-0.2, 0) is 14.8 Å². The zero-order chi connectivity index (χ0) is 24.2. The molecule has 0 aliphatic rings. The number of aromatic nitrogens is 3. The zero-order valence-electron chi connectivity index (χ0n) is 17.9. The van der Waals surface area contributed by atoms with Crippen LogP contribution in [0, 0.1) is 4.91 Å². The average Bonchev–Trinajstić information content (AvgIpc) is 3.19. The Morgan fingerprint density at radius 3 is 2.67 bits per heavy atom. The highest BCUT2D eigenvalue weighted by molar-refractivity contribution is 7.89. The summed E-state index contributed by atoms with van der Waals surface area (Å²) in [5, 5.41) is 13.4. The number of carbonyl (C=O) groups is 1. The third-order valence-corrected chi connectivity index (χ3v) is 6.98. The lowest BCUT2D eigenvalue weighted by Gasteiger charge is -2.22. The molecule has 1 N–H and O–H groups in total.